The van der Waals surface area contributed by atoms with Crippen LogP contribution in [-0.2, 0) is 21.7 Å². The molecule has 0 aliphatic carbocycles. The van der Waals surface area contributed by atoms with Gasteiger partial charge in [-0.15, -0.1) is 45.3 Å². The van der Waals surface area contributed by atoms with Crippen LogP contribution >= 0.6 is 45.3 Å². The molecule has 0 radical (unpaired) electrons. The summed E-state index contributed by atoms with van der Waals surface area (Å²) in [7, 11) is 0. The first-order valence-electron chi connectivity index (χ1n) is 40.9. The molecule has 0 spiro atoms. The molecule has 0 aliphatic heterocycles. The van der Waals surface area contributed by atoms with Gasteiger partial charge in [0.25, 0.3) is 0 Å². The highest BCUT2D eigenvalue weighted by Crippen LogP contribution is 2.59. The van der Waals surface area contributed by atoms with E-state index in [4.69, 9.17) is 0 Å². The summed E-state index contributed by atoms with van der Waals surface area (Å²) in [4.78, 5) is 5.54. The molecule has 0 atom stereocenters. The molecule has 4 aromatic heterocycles. The molecule has 0 aliphatic rings. The van der Waals surface area contributed by atoms with E-state index in [2.05, 4.69) is 400 Å². The monoisotopic (exact) mass is 1560 g/mol. The van der Waals surface area contributed by atoms with Crippen molar-refractivity contribution in [2.24, 2.45) is 0 Å². The molecule has 0 saturated heterocycles. The van der Waals surface area contributed by atoms with Crippen LogP contribution in [0.1, 0.15) is 115 Å². The number of hydrogen-bond acceptors (Lipinski definition) is 4. The minimum atomic E-state index is -0.0872. The Hall–Kier alpha value is -11.3. The predicted molar refractivity (Wildman–Crippen MR) is 515 cm³/mol. The molecule has 17 aromatic carbocycles. The molecule has 4 heterocycles. The van der Waals surface area contributed by atoms with E-state index in [9.17, 15) is 0 Å². The van der Waals surface area contributed by atoms with Gasteiger partial charge in [-0.1, -0.05) is 344 Å². The topological polar surface area (TPSA) is 0 Å². The van der Waals surface area contributed by atoms with Crippen molar-refractivity contribution in [3.05, 3.63) is 335 Å². The first-order valence-corrected chi connectivity index (χ1v) is 44.2. The molecule has 0 saturated carbocycles. The van der Waals surface area contributed by atoms with Crippen molar-refractivity contribution in [3.8, 4) is 98.8 Å². The van der Waals surface area contributed by atoms with Crippen molar-refractivity contribution in [3.63, 3.8) is 0 Å². The van der Waals surface area contributed by atoms with Crippen LogP contribution in [0.3, 0.4) is 0 Å². The zero-order valence-electron chi connectivity index (χ0n) is 68.5. The summed E-state index contributed by atoms with van der Waals surface area (Å²) in [5.41, 5.74) is 25.9. The molecular formula is C112H92S4. The molecule has 116 heavy (non-hydrogen) atoms. The fraction of sp³-hybridized carbons (Fsp3) is 0.161. The Labute approximate surface area is 697 Å². The number of thiophene rings is 4. The smallest absolute Gasteiger partial charge is 0.0435 e. The molecule has 0 nitrogen and oxygen atoms in total. The van der Waals surface area contributed by atoms with Crippen molar-refractivity contribution < 1.29 is 0 Å². The summed E-state index contributed by atoms with van der Waals surface area (Å²) in [6.07, 6.45) is 0. The second kappa shape index (κ2) is 27.7. The van der Waals surface area contributed by atoms with E-state index in [1.165, 1.54) is 236 Å². The van der Waals surface area contributed by atoms with Crippen LogP contribution in [0.25, 0.3) is 204 Å². The lowest BCUT2D eigenvalue weighted by molar-refractivity contribution is 0.595. The van der Waals surface area contributed by atoms with Crippen molar-refractivity contribution in [2.75, 3.05) is 0 Å². The van der Waals surface area contributed by atoms with E-state index in [-0.39, 0.29) is 21.7 Å². The third-order valence-electron chi connectivity index (χ3n) is 24.3. The Balaban J connectivity index is 0.000000151. The summed E-state index contributed by atoms with van der Waals surface area (Å²) in [6, 6.07) is 114. The zero-order chi connectivity index (χ0) is 79.6. The van der Waals surface area contributed by atoms with Gasteiger partial charge in [-0.05, 0) is 210 Å². The number of hydrogen-bond donors (Lipinski definition) is 0. The van der Waals surface area contributed by atoms with E-state index < -0.39 is 0 Å². The van der Waals surface area contributed by atoms with Crippen LogP contribution in [0.15, 0.2) is 303 Å². The maximum atomic E-state index is 2.61. The van der Waals surface area contributed by atoms with Gasteiger partial charge in [0, 0.05) is 104 Å². The minimum Gasteiger partial charge on any atom is -0.138 e. The highest BCUT2D eigenvalue weighted by atomic mass is 32.1. The molecule has 21 aromatic rings. The SMILES string of the molecule is CC(C)(C)c1sc2c(cc3c(C(C)(C)C)cc4c5sc(C(C)(C)C)c(-c6ccc(-c7ccccc7)cc6)c5cc5c(C(C)(C)C)cc2c3c54)c1-c1ccc(-c2ccccc2)cc1.Cc1cccc(C)c1-c1cc2c3sc(-c4ccccc4)c(-c4ccccc4)c3cc3ccc4c5sc(-c6ccccc6)c(-c6ccccc6)c5cc1c4c32. The number of aryl methyl sites for hydroxylation is 2. The van der Waals surface area contributed by atoms with Gasteiger partial charge in [-0.25, -0.2) is 0 Å². The van der Waals surface area contributed by atoms with Crippen molar-refractivity contribution in [1.29, 1.82) is 0 Å². The molecule has 0 bridgehead atoms. The molecule has 564 valence electrons. The van der Waals surface area contributed by atoms with Crippen molar-refractivity contribution >= 4 is 150 Å². The van der Waals surface area contributed by atoms with Gasteiger partial charge < -0.3 is 0 Å². The van der Waals surface area contributed by atoms with Crippen LogP contribution in [-0.4, -0.2) is 0 Å². The van der Waals surface area contributed by atoms with Gasteiger partial charge in [0.05, 0.1) is 0 Å². The van der Waals surface area contributed by atoms with Crippen LogP contribution < -0.4 is 0 Å². The Kier molecular flexibility index (Phi) is 17.6. The van der Waals surface area contributed by atoms with E-state index >= 15 is 0 Å². The number of fused-ring (bicyclic) bond motifs is 8. The lowest BCUT2D eigenvalue weighted by Crippen LogP contribution is -2.14. The lowest BCUT2D eigenvalue weighted by atomic mass is 9.76. The summed E-state index contributed by atoms with van der Waals surface area (Å²) in [5, 5.41) is 21.9. The van der Waals surface area contributed by atoms with Gasteiger partial charge in [0.15, 0.2) is 0 Å². The second-order valence-electron chi connectivity index (χ2n) is 36.2. The highest BCUT2D eigenvalue weighted by molar-refractivity contribution is 7.25. The van der Waals surface area contributed by atoms with Gasteiger partial charge in [0.2, 0.25) is 0 Å². The fourth-order valence-corrected chi connectivity index (χ4v) is 24.4. The largest absolute Gasteiger partial charge is 0.138 e. The molecule has 0 amide bonds. The average molecular weight is 1570 g/mol. The minimum absolute atomic E-state index is 0.0382. The van der Waals surface area contributed by atoms with Gasteiger partial charge in [0.1, 0.15) is 0 Å². The Morgan fingerprint density at radius 3 is 0.905 bits per heavy atom. The van der Waals surface area contributed by atoms with Gasteiger partial charge in [-0.2, -0.15) is 0 Å². The van der Waals surface area contributed by atoms with Gasteiger partial charge in [-0.3, -0.25) is 0 Å². The normalized spacial score (nSPS) is 12.6. The average Bonchev–Trinajstić information content (AvgIpc) is 1.40. The summed E-state index contributed by atoms with van der Waals surface area (Å²) < 4.78 is 5.52. The predicted octanol–water partition coefficient (Wildman–Crippen LogP) is 34.8. The lowest BCUT2D eigenvalue weighted by Gasteiger charge is -2.28. The quantitative estimate of drug-likeness (QED) is 0.126. The van der Waals surface area contributed by atoms with Crippen LogP contribution in [0.2, 0.25) is 0 Å². The van der Waals surface area contributed by atoms with E-state index in [1.54, 1.807) is 0 Å². The molecular weight excluding hydrogens is 1470 g/mol. The van der Waals surface area contributed by atoms with Crippen molar-refractivity contribution in [1.82, 2.24) is 0 Å². The molecule has 4 heteroatoms. The molecule has 0 fully saturated rings. The first-order chi connectivity index (χ1) is 55.9. The summed E-state index contributed by atoms with van der Waals surface area (Å²) >= 11 is 7.93. The molecule has 0 N–H and O–H groups in total. The third-order valence-corrected chi connectivity index (χ3v) is 30.2. The molecule has 21 rings (SSSR count). The summed E-state index contributed by atoms with van der Waals surface area (Å²) in [6.45, 7) is 33.4. The van der Waals surface area contributed by atoms with E-state index in [0.29, 0.717) is 0 Å². The zero-order valence-corrected chi connectivity index (χ0v) is 71.8. The van der Waals surface area contributed by atoms with Crippen molar-refractivity contribution in [2.45, 2.75) is 119 Å². The standard InChI is InChI=1S/C60H58S2.C52H34S2/c1-57(2,3)47-33-45-52-42(32-44-50(56(60(10,11)12)61-53(44)45)40-29-25-38(26-30-40)36-21-17-14-18-22-36)48(58(4,5)6)34-46-51(52)41(47)31-43-49(55(59(7,8)9)62-54(43)46)39-27-23-37(24-28-39)35-19-15-13-16-20-35;1-31-16-15-17-32(2)44(31)39-29-42-45-37(28-41-46(33-18-7-3-8-19-33)49(54-52(41)42)35-22-11-5-12-23-35)26-27-38-48(45)40(39)30-43-47(34-20-9-4-10-21-34)50(53-51(38)43)36-24-13-6-14-25-36/h13-34H,1-12H3;3-30H,1-2H3. The fourth-order valence-electron chi connectivity index (χ4n) is 18.9. The van der Waals surface area contributed by atoms with Crippen LogP contribution in [0.5, 0.6) is 0 Å². The Bertz CT molecular complexity index is 7100. The highest BCUT2D eigenvalue weighted by Gasteiger charge is 2.34. The van der Waals surface area contributed by atoms with Gasteiger partial charge >= 0.3 is 0 Å². The number of rotatable bonds is 9. The summed E-state index contributed by atoms with van der Waals surface area (Å²) in [5.74, 6) is 0. The first kappa shape index (κ1) is 73.5. The molecule has 0 unspecified atom stereocenters. The third kappa shape index (κ3) is 12.1. The maximum Gasteiger partial charge on any atom is 0.0435 e. The van der Waals surface area contributed by atoms with Crippen LogP contribution in [0.4, 0.5) is 0 Å². The van der Waals surface area contributed by atoms with E-state index in [1.807, 2.05) is 45.3 Å². The Morgan fingerprint density at radius 2 is 0.509 bits per heavy atom. The van der Waals surface area contributed by atoms with E-state index in [0.717, 1.165) is 0 Å². The maximum absolute atomic E-state index is 2.61. The number of benzene rings is 17. The Morgan fingerprint density at radius 1 is 0.198 bits per heavy atom. The van der Waals surface area contributed by atoms with Crippen LogP contribution in [0, 0.1) is 13.8 Å². The second-order valence-corrected chi connectivity index (χ2v) is 40.3.